The van der Waals surface area contributed by atoms with E-state index in [1.54, 1.807) is 0 Å². The Morgan fingerprint density at radius 1 is 1.19 bits per heavy atom. The number of rotatable bonds is 4. The zero-order valence-electron chi connectivity index (χ0n) is 15.8. The molecule has 0 saturated carbocycles. The normalized spacial score (nSPS) is 17.5. The van der Waals surface area contributed by atoms with Gasteiger partial charge in [0.25, 0.3) is 5.91 Å². The number of nitrogens with zero attached hydrogens (tertiary/aromatic N) is 1. The van der Waals surface area contributed by atoms with E-state index in [9.17, 15) is 9.59 Å². The molecule has 1 aliphatic heterocycles. The third kappa shape index (κ3) is 4.89. The van der Waals surface area contributed by atoms with Crippen molar-refractivity contribution in [3.05, 3.63) is 69.7 Å². The van der Waals surface area contributed by atoms with Crippen molar-refractivity contribution in [2.75, 3.05) is 6.54 Å². The molecule has 27 heavy (non-hydrogen) atoms. The lowest BCUT2D eigenvalue weighted by atomic mass is 10.0. The van der Waals surface area contributed by atoms with Gasteiger partial charge in [-0.1, -0.05) is 41.4 Å². The molecule has 142 valence electrons. The summed E-state index contributed by atoms with van der Waals surface area (Å²) in [7, 11) is 0. The van der Waals surface area contributed by atoms with Crippen LogP contribution in [0, 0.1) is 13.8 Å². The molecular weight excluding hydrogens is 360 g/mol. The maximum atomic E-state index is 13.0. The number of aryl methyl sites for hydroxylation is 2. The second-order valence-electron chi connectivity index (χ2n) is 7.23. The van der Waals surface area contributed by atoms with Crippen molar-refractivity contribution in [1.29, 1.82) is 0 Å². The van der Waals surface area contributed by atoms with E-state index in [-0.39, 0.29) is 11.8 Å². The van der Waals surface area contributed by atoms with Crippen LogP contribution < -0.4 is 5.32 Å². The van der Waals surface area contributed by atoms with E-state index >= 15 is 0 Å². The number of nitrogens with one attached hydrogen (secondary N) is 1. The van der Waals surface area contributed by atoms with Gasteiger partial charge in [-0.2, -0.15) is 0 Å². The van der Waals surface area contributed by atoms with Crippen molar-refractivity contribution in [3.8, 4) is 0 Å². The van der Waals surface area contributed by atoms with E-state index in [0.29, 0.717) is 30.1 Å². The quantitative estimate of drug-likeness (QED) is 0.855. The third-order valence-electron chi connectivity index (χ3n) is 4.97. The zero-order chi connectivity index (χ0) is 19.4. The van der Waals surface area contributed by atoms with Crippen LogP contribution in [0.3, 0.4) is 0 Å². The van der Waals surface area contributed by atoms with E-state index in [0.717, 1.165) is 29.5 Å². The van der Waals surface area contributed by atoms with Crippen LogP contribution in [0.5, 0.6) is 0 Å². The van der Waals surface area contributed by atoms with Gasteiger partial charge < -0.3 is 10.2 Å². The Balaban J connectivity index is 1.72. The molecule has 0 radical (unpaired) electrons. The van der Waals surface area contributed by atoms with E-state index in [2.05, 4.69) is 5.32 Å². The van der Waals surface area contributed by atoms with E-state index < -0.39 is 6.04 Å². The maximum Gasteiger partial charge on any atom is 0.252 e. The number of hydrogen-bond acceptors (Lipinski definition) is 2. The molecule has 0 aliphatic carbocycles. The Labute approximate surface area is 165 Å². The van der Waals surface area contributed by atoms with Gasteiger partial charge in [0.1, 0.15) is 6.04 Å². The Hall–Kier alpha value is -2.33. The molecule has 3 rings (SSSR count). The molecule has 1 heterocycles. The molecule has 4 nitrogen and oxygen atoms in total. The van der Waals surface area contributed by atoms with Crippen LogP contribution in [0.25, 0.3) is 0 Å². The fraction of sp³-hybridized carbons (Fsp3) is 0.364. The lowest BCUT2D eigenvalue weighted by molar-refractivity contribution is -0.133. The number of carbonyl (C=O) groups is 2. The van der Waals surface area contributed by atoms with Crippen molar-refractivity contribution in [2.45, 2.75) is 45.7 Å². The molecule has 1 fully saturated rings. The standard InChI is InChI=1S/C22H25ClN2O2/c1-15-9-10-19(16(2)12-15)21(26)24-20-8-3-4-11-25(22(20)27)14-17-6-5-7-18(23)13-17/h5-7,9-10,12-13,20H,3-4,8,11,14H2,1-2H3,(H,24,26). The summed E-state index contributed by atoms with van der Waals surface area (Å²) in [5, 5.41) is 3.62. The minimum absolute atomic E-state index is 0.0226. The first-order chi connectivity index (χ1) is 12.9. The van der Waals surface area contributed by atoms with Gasteiger partial charge in [0.15, 0.2) is 0 Å². The first kappa shape index (κ1) is 19.4. The van der Waals surface area contributed by atoms with Crippen LogP contribution in [0.4, 0.5) is 0 Å². The topological polar surface area (TPSA) is 49.4 Å². The summed E-state index contributed by atoms with van der Waals surface area (Å²) in [6.45, 7) is 5.12. The van der Waals surface area contributed by atoms with Crippen LogP contribution in [0.2, 0.25) is 5.02 Å². The number of likely N-dealkylation sites (tertiary alicyclic amines) is 1. The second kappa shape index (κ2) is 8.57. The van der Waals surface area contributed by atoms with Crippen LogP contribution in [-0.4, -0.2) is 29.3 Å². The average molecular weight is 385 g/mol. The highest BCUT2D eigenvalue weighted by molar-refractivity contribution is 6.30. The zero-order valence-corrected chi connectivity index (χ0v) is 16.6. The number of carbonyl (C=O) groups excluding carboxylic acids is 2. The first-order valence-corrected chi connectivity index (χ1v) is 9.73. The van der Waals surface area contributed by atoms with Gasteiger partial charge in [0.05, 0.1) is 0 Å². The summed E-state index contributed by atoms with van der Waals surface area (Å²) >= 11 is 6.06. The van der Waals surface area contributed by atoms with Gasteiger partial charge >= 0.3 is 0 Å². The Kier molecular flexibility index (Phi) is 6.17. The summed E-state index contributed by atoms with van der Waals surface area (Å²) < 4.78 is 0. The Bertz CT molecular complexity index is 850. The Morgan fingerprint density at radius 3 is 2.74 bits per heavy atom. The molecular formula is C22H25ClN2O2. The fourth-order valence-corrected chi connectivity index (χ4v) is 3.77. The largest absolute Gasteiger partial charge is 0.340 e. The minimum Gasteiger partial charge on any atom is -0.340 e. The van der Waals surface area contributed by atoms with Gasteiger partial charge in [-0.3, -0.25) is 9.59 Å². The van der Waals surface area contributed by atoms with Crippen molar-refractivity contribution < 1.29 is 9.59 Å². The lowest BCUT2D eigenvalue weighted by Gasteiger charge is -2.25. The maximum absolute atomic E-state index is 13.0. The van der Waals surface area contributed by atoms with Crippen molar-refractivity contribution in [2.24, 2.45) is 0 Å². The van der Waals surface area contributed by atoms with Crippen molar-refractivity contribution in [1.82, 2.24) is 10.2 Å². The average Bonchev–Trinajstić information content (AvgIpc) is 2.78. The smallest absolute Gasteiger partial charge is 0.252 e. The van der Waals surface area contributed by atoms with Gasteiger partial charge in [0.2, 0.25) is 5.91 Å². The summed E-state index contributed by atoms with van der Waals surface area (Å²) in [6, 6.07) is 12.8. The van der Waals surface area contributed by atoms with Crippen molar-refractivity contribution >= 4 is 23.4 Å². The predicted molar refractivity (Wildman–Crippen MR) is 108 cm³/mol. The monoisotopic (exact) mass is 384 g/mol. The highest BCUT2D eigenvalue weighted by Crippen LogP contribution is 2.18. The van der Waals surface area contributed by atoms with Gasteiger partial charge in [-0.25, -0.2) is 0 Å². The SMILES string of the molecule is Cc1ccc(C(=O)NC2CCCCN(Cc3cccc(Cl)c3)C2=O)c(C)c1. The van der Waals surface area contributed by atoms with Gasteiger partial charge in [-0.05, 0) is 62.4 Å². The minimum atomic E-state index is -0.486. The lowest BCUT2D eigenvalue weighted by Crippen LogP contribution is -2.47. The van der Waals surface area contributed by atoms with Crippen LogP contribution in [-0.2, 0) is 11.3 Å². The summed E-state index contributed by atoms with van der Waals surface area (Å²) in [5.74, 6) is -0.207. The molecule has 1 saturated heterocycles. The molecule has 2 aromatic rings. The molecule has 0 bridgehead atoms. The van der Waals surface area contributed by atoms with Crippen LogP contribution in [0.15, 0.2) is 42.5 Å². The molecule has 1 N–H and O–H groups in total. The predicted octanol–water partition coefficient (Wildman–Crippen LogP) is 4.27. The van der Waals surface area contributed by atoms with E-state index in [1.165, 1.54) is 0 Å². The number of amides is 2. The second-order valence-corrected chi connectivity index (χ2v) is 7.67. The molecule has 5 heteroatoms. The van der Waals surface area contributed by atoms with Gasteiger partial charge in [-0.15, -0.1) is 0 Å². The van der Waals surface area contributed by atoms with Crippen LogP contribution >= 0.6 is 11.6 Å². The molecule has 0 spiro atoms. The summed E-state index contributed by atoms with van der Waals surface area (Å²) in [4.78, 5) is 27.6. The molecule has 1 atom stereocenters. The number of halogens is 1. The first-order valence-electron chi connectivity index (χ1n) is 9.35. The molecule has 2 aromatic carbocycles. The van der Waals surface area contributed by atoms with Crippen molar-refractivity contribution in [3.63, 3.8) is 0 Å². The highest BCUT2D eigenvalue weighted by atomic mass is 35.5. The number of benzene rings is 2. The molecule has 1 unspecified atom stereocenters. The Morgan fingerprint density at radius 2 is 2.00 bits per heavy atom. The van der Waals surface area contributed by atoms with Gasteiger partial charge in [0, 0.05) is 23.7 Å². The van der Waals surface area contributed by atoms with E-state index in [4.69, 9.17) is 11.6 Å². The fourth-order valence-electron chi connectivity index (χ4n) is 3.56. The third-order valence-corrected chi connectivity index (χ3v) is 5.21. The van der Waals surface area contributed by atoms with Crippen LogP contribution in [0.1, 0.15) is 46.3 Å². The molecule has 0 aromatic heterocycles. The highest BCUT2D eigenvalue weighted by Gasteiger charge is 2.28. The summed E-state index contributed by atoms with van der Waals surface area (Å²) in [6.07, 6.45) is 2.51. The molecule has 1 aliphatic rings. The van der Waals surface area contributed by atoms with E-state index in [1.807, 2.05) is 61.2 Å². The summed E-state index contributed by atoms with van der Waals surface area (Å²) in [5.41, 5.74) is 3.66. The number of hydrogen-bond donors (Lipinski definition) is 1. The molecule has 2 amide bonds.